The number of rotatable bonds is 5. The van der Waals surface area contributed by atoms with Gasteiger partial charge in [-0.25, -0.2) is 13.8 Å². The van der Waals surface area contributed by atoms with Crippen molar-refractivity contribution in [2.45, 2.75) is 13.5 Å². The van der Waals surface area contributed by atoms with E-state index in [0.29, 0.717) is 23.1 Å². The lowest BCUT2D eigenvalue weighted by Crippen LogP contribution is -2.05. The van der Waals surface area contributed by atoms with E-state index in [1.54, 1.807) is 12.1 Å². The van der Waals surface area contributed by atoms with Crippen molar-refractivity contribution in [1.29, 1.82) is 0 Å². The summed E-state index contributed by atoms with van der Waals surface area (Å²) in [7, 11) is 0. The van der Waals surface area contributed by atoms with E-state index < -0.39 is 17.4 Å². The van der Waals surface area contributed by atoms with Crippen molar-refractivity contribution in [3.05, 3.63) is 52.7 Å². The lowest BCUT2D eigenvalue weighted by atomic mass is 10.3. The number of pyridine rings is 1. The first-order valence-electron chi connectivity index (χ1n) is 6.08. The number of halogens is 3. The van der Waals surface area contributed by atoms with Crippen molar-refractivity contribution in [3.8, 4) is 5.75 Å². The van der Waals surface area contributed by atoms with Gasteiger partial charge in [0.15, 0.2) is 17.4 Å². The molecule has 0 aliphatic heterocycles. The van der Waals surface area contributed by atoms with Crippen molar-refractivity contribution < 1.29 is 13.5 Å². The molecule has 1 N–H and O–H groups in total. The lowest BCUT2D eigenvalue weighted by Gasteiger charge is -2.10. The minimum atomic E-state index is -0.760. The van der Waals surface area contributed by atoms with E-state index in [0.717, 1.165) is 12.1 Å². The van der Waals surface area contributed by atoms with Crippen molar-refractivity contribution in [3.63, 3.8) is 0 Å². The SMILES string of the molecule is CCNc1ccc(Cl)c(COc2c(F)cccc2F)n1. The monoisotopic (exact) mass is 298 g/mol. The van der Waals surface area contributed by atoms with E-state index in [9.17, 15) is 8.78 Å². The molecule has 0 bridgehead atoms. The molecule has 0 spiro atoms. The first-order valence-corrected chi connectivity index (χ1v) is 6.45. The van der Waals surface area contributed by atoms with Crippen LogP contribution < -0.4 is 10.1 Å². The highest BCUT2D eigenvalue weighted by Gasteiger charge is 2.11. The molecule has 6 heteroatoms. The molecule has 2 rings (SSSR count). The summed E-state index contributed by atoms with van der Waals surface area (Å²) in [6.45, 7) is 2.52. The number of nitrogens with zero attached hydrogens (tertiary/aromatic N) is 1. The average Bonchev–Trinajstić information content (AvgIpc) is 2.42. The Bertz CT molecular complexity index is 587. The maximum absolute atomic E-state index is 13.4. The largest absolute Gasteiger partial charge is 0.481 e. The third-order valence-corrected chi connectivity index (χ3v) is 2.89. The van der Waals surface area contributed by atoms with E-state index in [-0.39, 0.29) is 6.61 Å². The molecule has 0 radical (unpaired) electrons. The van der Waals surface area contributed by atoms with Crippen molar-refractivity contribution in [2.24, 2.45) is 0 Å². The zero-order chi connectivity index (χ0) is 14.5. The van der Waals surface area contributed by atoms with Gasteiger partial charge in [0.05, 0.1) is 10.7 Å². The van der Waals surface area contributed by atoms with E-state index >= 15 is 0 Å². The van der Waals surface area contributed by atoms with Crippen LogP contribution in [0.3, 0.4) is 0 Å². The summed E-state index contributed by atoms with van der Waals surface area (Å²) in [6.07, 6.45) is 0. The van der Waals surface area contributed by atoms with Gasteiger partial charge < -0.3 is 10.1 Å². The molecule has 0 amide bonds. The first-order chi connectivity index (χ1) is 9.61. The smallest absolute Gasteiger partial charge is 0.191 e. The summed E-state index contributed by atoms with van der Waals surface area (Å²) in [6, 6.07) is 6.90. The molecule has 106 valence electrons. The van der Waals surface area contributed by atoms with Gasteiger partial charge in [-0.2, -0.15) is 0 Å². The molecular formula is C14H13ClF2N2O. The Balaban J connectivity index is 2.16. The van der Waals surface area contributed by atoms with Gasteiger partial charge in [0.25, 0.3) is 0 Å². The van der Waals surface area contributed by atoms with Crippen LogP contribution in [0.25, 0.3) is 0 Å². The number of hydrogen-bond acceptors (Lipinski definition) is 3. The maximum Gasteiger partial charge on any atom is 0.191 e. The predicted molar refractivity (Wildman–Crippen MR) is 74.1 cm³/mol. The van der Waals surface area contributed by atoms with Gasteiger partial charge in [-0.3, -0.25) is 0 Å². The van der Waals surface area contributed by atoms with Gasteiger partial charge in [0.1, 0.15) is 12.4 Å². The summed E-state index contributed by atoms with van der Waals surface area (Å²) >= 11 is 5.98. The van der Waals surface area contributed by atoms with Crippen LogP contribution in [-0.2, 0) is 6.61 Å². The molecule has 0 saturated carbocycles. The number of anilines is 1. The molecular weight excluding hydrogens is 286 g/mol. The lowest BCUT2D eigenvalue weighted by molar-refractivity contribution is 0.270. The number of para-hydroxylation sites is 1. The fourth-order valence-corrected chi connectivity index (χ4v) is 1.79. The molecule has 1 heterocycles. The molecule has 2 aromatic rings. The third-order valence-electron chi connectivity index (χ3n) is 2.55. The van der Waals surface area contributed by atoms with Gasteiger partial charge in [-0.1, -0.05) is 17.7 Å². The van der Waals surface area contributed by atoms with Gasteiger partial charge in [-0.15, -0.1) is 0 Å². The van der Waals surface area contributed by atoms with Gasteiger partial charge in [-0.05, 0) is 31.2 Å². The number of hydrogen-bond donors (Lipinski definition) is 1. The summed E-state index contributed by atoms with van der Waals surface area (Å²) in [4.78, 5) is 4.22. The van der Waals surface area contributed by atoms with E-state index in [2.05, 4.69) is 10.3 Å². The van der Waals surface area contributed by atoms with Crippen LogP contribution >= 0.6 is 11.6 Å². The fraction of sp³-hybridized carbons (Fsp3) is 0.214. The quantitative estimate of drug-likeness (QED) is 0.905. The highest BCUT2D eigenvalue weighted by molar-refractivity contribution is 6.31. The third kappa shape index (κ3) is 3.36. The molecule has 0 fully saturated rings. The second kappa shape index (κ2) is 6.52. The number of ether oxygens (including phenoxy) is 1. The standard InChI is InChI=1S/C14H13ClF2N2O/c1-2-18-13-7-6-9(15)12(19-13)8-20-14-10(16)4-3-5-11(14)17/h3-7H,2,8H2,1H3,(H,18,19). The number of nitrogens with one attached hydrogen (secondary N) is 1. The molecule has 20 heavy (non-hydrogen) atoms. The van der Waals surface area contributed by atoms with Crippen molar-refractivity contribution >= 4 is 17.4 Å². The zero-order valence-electron chi connectivity index (χ0n) is 10.8. The second-order valence-electron chi connectivity index (χ2n) is 3.99. The maximum atomic E-state index is 13.4. The molecule has 0 saturated heterocycles. The van der Waals surface area contributed by atoms with Crippen LogP contribution in [0.4, 0.5) is 14.6 Å². The molecule has 0 aliphatic carbocycles. The Morgan fingerprint density at radius 3 is 2.55 bits per heavy atom. The predicted octanol–water partition coefficient (Wildman–Crippen LogP) is 4.02. The van der Waals surface area contributed by atoms with Crippen LogP contribution in [0.1, 0.15) is 12.6 Å². The Labute approximate surface area is 120 Å². The summed E-state index contributed by atoms with van der Waals surface area (Å²) in [5.74, 6) is -1.32. The Morgan fingerprint density at radius 1 is 1.20 bits per heavy atom. The highest BCUT2D eigenvalue weighted by atomic mass is 35.5. The molecule has 0 aliphatic rings. The topological polar surface area (TPSA) is 34.1 Å². The van der Waals surface area contributed by atoms with Crippen LogP contribution in [0.15, 0.2) is 30.3 Å². The van der Waals surface area contributed by atoms with Gasteiger partial charge >= 0.3 is 0 Å². The minimum Gasteiger partial charge on any atom is -0.481 e. The van der Waals surface area contributed by atoms with Crippen LogP contribution in [-0.4, -0.2) is 11.5 Å². The molecule has 1 aromatic heterocycles. The average molecular weight is 299 g/mol. The molecule has 0 unspecified atom stereocenters. The van der Waals surface area contributed by atoms with Crippen molar-refractivity contribution in [1.82, 2.24) is 4.98 Å². The molecule has 1 aromatic carbocycles. The fourth-order valence-electron chi connectivity index (χ4n) is 1.63. The van der Waals surface area contributed by atoms with Crippen molar-refractivity contribution in [2.75, 3.05) is 11.9 Å². The Hall–Kier alpha value is -1.88. The first kappa shape index (κ1) is 14.5. The minimum absolute atomic E-state index is 0.115. The van der Waals surface area contributed by atoms with Gasteiger partial charge in [0.2, 0.25) is 0 Å². The number of benzene rings is 1. The molecule has 3 nitrogen and oxygen atoms in total. The number of aromatic nitrogens is 1. The van der Waals surface area contributed by atoms with Crippen LogP contribution in [0.2, 0.25) is 5.02 Å². The summed E-state index contributed by atoms with van der Waals surface area (Å²) < 4.78 is 32.0. The van der Waals surface area contributed by atoms with Crippen LogP contribution in [0.5, 0.6) is 5.75 Å². The van der Waals surface area contributed by atoms with E-state index in [1.807, 2.05) is 6.92 Å². The Morgan fingerprint density at radius 2 is 1.90 bits per heavy atom. The van der Waals surface area contributed by atoms with E-state index in [4.69, 9.17) is 16.3 Å². The summed E-state index contributed by atoms with van der Waals surface area (Å²) in [5.41, 5.74) is 0.410. The summed E-state index contributed by atoms with van der Waals surface area (Å²) in [5, 5.41) is 3.40. The normalized spacial score (nSPS) is 10.4. The van der Waals surface area contributed by atoms with Gasteiger partial charge in [0, 0.05) is 6.54 Å². The second-order valence-corrected chi connectivity index (χ2v) is 4.40. The highest BCUT2D eigenvalue weighted by Crippen LogP contribution is 2.24. The Kier molecular flexibility index (Phi) is 4.74. The van der Waals surface area contributed by atoms with E-state index in [1.165, 1.54) is 6.07 Å². The zero-order valence-corrected chi connectivity index (χ0v) is 11.5. The molecule has 0 atom stereocenters. The van der Waals surface area contributed by atoms with Crippen LogP contribution in [0, 0.1) is 11.6 Å².